The van der Waals surface area contributed by atoms with Crippen molar-refractivity contribution in [2.45, 2.75) is 18.9 Å². The van der Waals surface area contributed by atoms with Gasteiger partial charge in [0.05, 0.1) is 7.11 Å². The van der Waals surface area contributed by atoms with Gasteiger partial charge in [0.25, 0.3) is 0 Å². The Kier molecular flexibility index (Phi) is 7.15. The Morgan fingerprint density at radius 3 is 2.45 bits per heavy atom. The number of aromatic nitrogens is 2. The van der Waals surface area contributed by atoms with Gasteiger partial charge in [-0.3, -0.25) is 4.79 Å². The summed E-state index contributed by atoms with van der Waals surface area (Å²) in [6.07, 6.45) is 0.281. The highest BCUT2D eigenvalue weighted by Crippen LogP contribution is 2.20. The SMILES string of the molecule is CNC(=O)Cc1nnc(C(Cc2ccc(OC)cc2)NC(=O)Nc2ccc(F)cc2)o1. The van der Waals surface area contributed by atoms with Crippen LogP contribution in [0.5, 0.6) is 5.75 Å². The van der Waals surface area contributed by atoms with Crippen molar-refractivity contribution < 1.29 is 23.1 Å². The summed E-state index contributed by atoms with van der Waals surface area (Å²) in [5, 5.41) is 15.8. The predicted molar refractivity (Wildman–Crippen MR) is 110 cm³/mol. The number of amides is 3. The number of nitrogens with one attached hydrogen (secondary N) is 3. The lowest BCUT2D eigenvalue weighted by atomic mass is 10.1. The second kappa shape index (κ2) is 10.2. The standard InChI is InChI=1S/C21H22FN5O4/c1-23-18(28)12-19-26-27-20(31-19)17(11-13-3-9-16(30-2)10-4-13)25-21(29)24-15-7-5-14(22)6-8-15/h3-10,17H,11-12H2,1-2H3,(H,23,28)(H2,24,25,29). The molecule has 3 amide bonds. The molecule has 9 nitrogen and oxygen atoms in total. The number of hydrogen-bond donors (Lipinski definition) is 3. The Morgan fingerprint density at radius 2 is 1.81 bits per heavy atom. The van der Waals surface area contributed by atoms with Crippen molar-refractivity contribution in [1.29, 1.82) is 0 Å². The van der Waals surface area contributed by atoms with Crippen molar-refractivity contribution in [2.75, 3.05) is 19.5 Å². The number of anilines is 1. The third kappa shape index (κ3) is 6.26. The van der Waals surface area contributed by atoms with Crippen molar-refractivity contribution in [3.63, 3.8) is 0 Å². The highest BCUT2D eigenvalue weighted by molar-refractivity contribution is 5.89. The molecule has 0 aliphatic rings. The average molecular weight is 427 g/mol. The highest BCUT2D eigenvalue weighted by Gasteiger charge is 2.22. The number of benzene rings is 2. The molecule has 10 heteroatoms. The molecular formula is C21H22FN5O4. The van der Waals surface area contributed by atoms with Crippen LogP contribution in [-0.4, -0.2) is 36.3 Å². The van der Waals surface area contributed by atoms with Gasteiger partial charge in [0, 0.05) is 19.2 Å². The fraction of sp³-hybridized carbons (Fsp3) is 0.238. The zero-order chi connectivity index (χ0) is 22.2. The van der Waals surface area contributed by atoms with Crippen LogP contribution in [0.15, 0.2) is 52.9 Å². The smallest absolute Gasteiger partial charge is 0.319 e. The van der Waals surface area contributed by atoms with E-state index in [9.17, 15) is 14.0 Å². The lowest BCUT2D eigenvalue weighted by molar-refractivity contribution is -0.120. The number of ether oxygens (including phenoxy) is 1. The molecule has 1 atom stereocenters. The number of likely N-dealkylation sites (N-methyl/N-ethyl adjacent to an activating group) is 1. The van der Waals surface area contributed by atoms with Crippen LogP contribution >= 0.6 is 0 Å². The first kappa shape index (κ1) is 21.8. The van der Waals surface area contributed by atoms with Crippen LogP contribution in [0, 0.1) is 5.82 Å². The largest absolute Gasteiger partial charge is 0.497 e. The number of hydrogen-bond acceptors (Lipinski definition) is 6. The number of urea groups is 1. The Labute approximate surface area is 178 Å². The average Bonchev–Trinajstić information content (AvgIpc) is 3.23. The summed E-state index contributed by atoms with van der Waals surface area (Å²) in [6.45, 7) is 0. The van der Waals surface area contributed by atoms with Crippen molar-refractivity contribution >= 4 is 17.6 Å². The Hall–Kier alpha value is -3.95. The maximum Gasteiger partial charge on any atom is 0.319 e. The van der Waals surface area contributed by atoms with Crippen LogP contribution in [0.2, 0.25) is 0 Å². The molecule has 0 aliphatic carbocycles. The zero-order valence-corrected chi connectivity index (χ0v) is 17.0. The van der Waals surface area contributed by atoms with E-state index in [0.29, 0.717) is 17.9 Å². The molecule has 1 unspecified atom stereocenters. The molecule has 2 aromatic carbocycles. The molecule has 0 aliphatic heterocycles. The molecule has 0 fully saturated rings. The van der Waals surface area contributed by atoms with Gasteiger partial charge in [0.2, 0.25) is 17.7 Å². The van der Waals surface area contributed by atoms with Crippen molar-refractivity contribution in [3.05, 3.63) is 71.7 Å². The molecule has 0 bridgehead atoms. The van der Waals surface area contributed by atoms with E-state index in [1.807, 2.05) is 12.1 Å². The van der Waals surface area contributed by atoms with Gasteiger partial charge < -0.3 is 25.1 Å². The van der Waals surface area contributed by atoms with E-state index in [-0.39, 0.29) is 24.1 Å². The molecule has 0 radical (unpaired) electrons. The third-order valence-corrected chi connectivity index (χ3v) is 4.38. The molecule has 31 heavy (non-hydrogen) atoms. The van der Waals surface area contributed by atoms with Gasteiger partial charge >= 0.3 is 6.03 Å². The minimum absolute atomic E-state index is 0.0689. The number of carbonyl (C=O) groups is 2. The van der Waals surface area contributed by atoms with Gasteiger partial charge in [0.1, 0.15) is 24.0 Å². The molecule has 3 rings (SSSR count). The first-order chi connectivity index (χ1) is 15.0. The molecule has 1 heterocycles. The van der Waals surface area contributed by atoms with Crippen molar-refractivity contribution in [3.8, 4) is 5.75 Å². The summed E-state index contributed by atoms with van der Waals surface area (Å²) < 4.78 is 23.8. The van der Waals surface area contributed by atoms with Crippen molar-refractivity contribution in [2.24, 2.45) is 0 Å². The number of carbonyl (C=O) groups excluding carboxylic acids is 2. The fourth-order valence-corrected chi connectivity index (χ4v) is 2.76. The van der Waals surface area contributed by atoms with Crippen LogP contribution < -0.4 is 20.7 Å². The highest BCUT2D eigenvalue weighted by atomic mass is 19.1. The number of methoxy groups -OCH3 is 1. The summed E-state index contributed by atoms with van der Waals surface area (Å²) in [7, 11) is 3.08. The molecule has 3 N–H and O–H groups in total. The molecule has 162 valence electrons. The fourth-order valence-electron chi connectivity index (χ4n) is 2.76. The van der Waals surface area contributed by atoms with E-state index in [0.717, 1.165) is 5.56 Å². The lowest BCUT2D eigenvalue weighted by Crippen LogP contribution is -2.34. The number of nitrogens with zero attached hydrogens (tertiary/aromatic N) is 2. The zero-order valence-electron chi connectivity index (χ0n) is 17.0. The topological polar surface area (TPSA) is 118 Å². The Balaban J connectivity index is 1.76. The Bertz CT molecular complexity index is 1020. The molecule has 0 saturated heterocycles. The summed E-state index contributed by atoms with van der Waals surface area (Å²) in [5.74, 6) is 0.313. The van der Waals surface area contributed by atoms with E-state index >= 15 is 0 Å². The van der Waals surface area contributed by atoms with Crippen LogP contribution in [0.4, 0.5) is 14.9 Å². The quantitative estimate of drug-likeness (QED) is 0.509. The van der Waals surface area contributed by atoms with Crippen LogP contribution in [0.25, 0.3) is 0 Å². The molecular weight excluding hydrogens is 405 g/mol. The van der Waals surface area contributed by atoms with Crippen LogP contribution in [0.1, 0.15) is 23.4 Å². The molecule has 3 aromatic rings. The maximum atomic E-state index is 13.1. The maximum absolute atomic E-state index is 13.1. The van der Waals surface area contributed by atoms with Crippen molar-refractivity contribution in [1.82, 2.24) is 20.8 Å². The number of halogens is 1. The molecule has 0 spiro atoms. The third-order valence-electron chi connectivity index (χ3n) is 4.38. The lowest BCUT2D eigenvalue weighted by Gasteiger charge is -2.16. The summed E-state index contributed by atoms with van der Waals surface area (Å²) in [6, 6.07) is 11.5. The van der Waals surface area contributed by atoms with Gasteiger partial charge in [0.15, 0.2) is 0 Å². The van der Waals surface area contributed by atoms with Gasteiger partial charge in [-0.05, 0) is 42.0 Å². The number of rotatable bonds is 8. The van der Waals surface area contributed by atoms with Gasteiger partial charge in [-0.1, -0.05) is 12.1 Å². The van der Waals surface area contributed by atoms with Gasteiger partial charge in [-0.25, -0.2) is 9.18 Å². The summed E-state index contributed by atoms with van der Waals surface area (Å²) in [4.78, 5) is 24.1. The van der Waals surface area contributed by atoms with E-state index in [2.05, 4.69) is 26.1 Å². The first-order valence-corrected chi connectivity index (χ1v) is 9.45. The van der Waals surface area contributed by atoms with E-state index < -0.39 is 17.9 Å². The minimum atomic E-state index is -0.667. The molecule has 1 aromatic heterocycles. The minimum Gasteiger partial charge on any atom is -0.497 e. The van der Waals surface area contributed by atoms with E-state index in [1.54, 1.807) is 19.2 Å². The van der Waals surface area contributed by atoms with Gasteiger partial charge in [-0.2, -0.15) is 0 Å². The summed E-state index contributed by atoms with van der Waals surface area (Å²) >= 11 is 0. The first-order valence-electron chi connectivity index (χ1n) is 9.45. The van der Waals surface area contributed by atoms with E-state index in [4.69, 9.17) is 9.15 Å². The Morgan fingerprint density at radius 1 is 1.10 bits per heavy atom. The second-order valence-corrected chi connectivity index (χ2v) is 6.59. The normalized spacial score (nSPS) is 11.5. The monoisotopic (exact) mass is 427 g/mol. The summed E-state index contributed by atoms with van der Waals surface area (Å²) in [5.41, 5.74) is 1.31. The van der Waals surface area contributed by atoms with E-state index in [1.165, 1.54) is 31.3 Å². The second-order valence-electron chi connectivity index (χ2n) is 6.59. The molecule has 0 saturated carbocycles. The predicted octanol–water partition coefficient (Wildman–Crippen LogP) is 2.61. The van der Waals surface area contributed by atoms with Crippen LogP contribution in [-0.2, 0) is 17.6 Å². The van der Waals surface area contributed by atoms with Crippen LogP contribution in [0.3, 0.4) is 0 Å². The van der Waals surface area contributed by atoms with Gasteiger partial charge in [-0.15, -0.1) is 10.2 Å².